The Labute approximate surface area is 133 Å². The molecule has 0 aliphatic heterocycles. The first-order valence-corrected chi connectivity index (χ1v) is 7.68. The summed E-state index contributed by atoms with van der Waals surface area (Å²) in [4.78, 5) is 12.1. The van der Waals surface area contributed by atoms with Crippen LogP contribution in [0, 0.1) is 6.92 Å². The number of aliphatic hydroxyl groups is 1. The van der Waals surface area contributed by atoms with Gasteiger partial charge in [0.25, 0.3) is 5.91 Å². The van der Waals surface area contributed by atoms with E-state index in [0.717, 1.165) is 16.9 Å². The topological polar surface area (TPSA) is 84.3 Å². The summed E-state index contributed by atoms with van der Waals surface area (Å²) in [6.07, 6.45) is -0.669. The van der Waals surface area contributed by atoms with Gasteiger partial charge < -0.3 is 9.84 Å². The SMILES string of the molecule is Cc1ccc(O[C@@H](C)C(=O)Nc2nnc(C(C)(C)O)s2)cc1. The normalized spacial score (nSPS) is 12.8. The zero-order valence-electron chi connectivity index (χ0n) is 13.0. The van der Waals surface area contributed by atoms with Gasteiger partial charge in [0.2, 0.25) is 5.13 Å². The lowest BCUT2D eigenvalue weighted by Gasteiger charge is -2.13. The van der Waals surface area contributed by atoms with E-state index in [1.807, 2.05) is 31.2 Å². The Morgan fingerprint density at radius 2 is 1.95 bits per heavy atom. The van der Waals surface area contributed by atoms with Crippen molar-refractivity contribution < 1.29 is 14.6 Å². The number of carbonyl (C=O) groups excluding carboxylic acids is 1. The molecule has 1 atom stereocenters. The number of nitrogens with one attached hydrogen (secondary N) is 1. The van der Waals surface area contributed by atoms with Crippen LogP contribution >= 0.6 is 11.3 Å². The summed E-state index contributed by atoms with van der Waals surface area (Å²) >= 11 is 1.13. The van der Waals surface area contributed by atoms with Crippen LogP contribution in [0.4, 0.5) is 5.13 Å². The molecule has 7 heteroatoms. The molecule has 0 aliphatic carbocycles. The number of aryl methyl sites for hydroxylation is 1. The molecule has 1 heterocycles. The minimum atomic E-state index is -1.08. The van der Waals surface area contributed by atoms with E-state index >= 15 is 0 Å². The highest BCUT2D eigenvalue weighted by molar-refractivity contribution is 7.15. The highest BCUT2D eigenvalue weighted by Gasteiger charge is 2.23. The Hall–Kier alpha value is -1.99. The molecule has 118 valence electrons. The third kappa shape index (κ3) is 4.25. The van der Waals surface area contributed by atoms with Crippen molar-refractivity contribution >= 4 is 22.4 Å². The number of benzene rings is 1. The molecule has 22 heavy (non-hydrogen) atoms. The smallest absolute Gasteiger partial charge is 0.266 e. The molecule has 0 fully saturated rings. The largest absolute Gasteiger partial charge is 0.481 e. The van der Waals surface area contributed by atoms with Gasteiger partial charge in [-0.25, -0.2) is 0 Å². The highest BCUT2D eigenvalue weighted by atomic mass is 32.1. The zero-order chi connectivity index (χ0) is 16.3. The lowest BCUT2D eigenvalue weighted by molar-refractivity contribution is -0.122. The van der Waals surface area contributed by atoms with Gasteiger partial charge in [-0.05, 0) is 39.8 Å². The predicted molar refractivity (Wildman–Crippen MR) is 85.1 cm³/mol. The quantitative estimate of drug-likeness (QED) is 0.884. The van der Waals surface area contributed by atoms with Gasteiger partial charge in [-0.1, -0.05) is 29.0 Å². The molecule has 0 unspecified atom stereocenters. The maximum atomic E-state index is 12.1. The van der Waals surface area contributed by atoms with Crippen LogP contribution in [0.15, 0.2) is 24.3 Å². The van der Waals surface area contributed by atoms with E-state index in [1.54, 1.807) is 20.8 Å². The van der Waals surface area contributed by atoms with Crippen LogP contribution in [0.2, 0.25) is 0 Å². The number of rotatable bonds is 5. The van der Waals surface area contributed by atoms with Crippen LogP contribution in [-0.2, 0) is 10.4 Å². The Morgan fingerprint density at radius 1 is 1.32 bits per heavy atom. The summed E-state index contributed by atoms with van der Waals surface area (Å²) in [5, 5.41) is 20.9. The molecular weight excluding hydrogens is 302 g/mol. The molecule has 0 saturated heterocycles. The van der Waals surface area contributed by atoms with Crippen LogP contribution in [0.3, 0.4) is 0 Å². The number of amides is 1. The molecule has 1 amide bonds. The summed E-state index contributed by atoms with van der Waals surface area (Å²) in [5.41, 5.74) is 0.0439. The fraction of sp³-hybridized carbons (Fsp3) is 0.400. The minimum Gasteiger partial charge on any atom is -0.481 e. The van der Waals surface area contributed by atoms with E-state index in [0.29, 0.717) is 15.9 Å². The molecule has 2 aromatic rings. The Morgan fingerprint density at radius 3 is 2.50 bits per heavy atom. The standard InChI is InChI=1S/C15H19N3O3S/c1-9-5-7-11(8-6-9)21-10(2)12(19)16-14-18-17-13(22-14)15(3,4)20/h5-8,10,20H,1-4H3,(H,16,18,19)/t10-/m0/s1. The van der Waals surface area contributed by atoms with E-state index in [2.05, 4.69) is 15.5 Å². The molecule has 0 aliphatic rings. The second-order valence-corrected chi connectivity index (χ2v) is 6.51. The third-order valence-corrected chi connectivity index (χ3v) is 4.03. The van der Waals surface area contributed by atoms with Crippen molar-refractivity contribution in [3.63, 3.8) is 0 Å². The first-order valence-electron chi connectivity index (χ1n) is 6.86. The molecule has 6 nitrogen and oxygen atoms in total. The van der Waals surface area contributed by atoms with Gasteiger partial charge in [-0.2, -0.15) is 0 Å². The average molecular weight is 321 g/mol. The predicted octanol–water partition coefficient (Wildman–Crippen LogP) is 2.48. The van der Waals surface area contributed by atoms with Crippen molar-refractivity contribution in [3.8, 4) is 5.75 Å². The number of anilines is 1. The molecule has 0 bridgehead atoms. The molecule has 0 spiro atoms. The maximum Gasteiger partial charge on any atom is 0.266 e. The number of hydrogen-bond donors (Lipinski definition) is 2. The maximum absolute atomic E-state index is 12.1. The van der Waals surface area contributed by atoms with Gasteiger partial charge in [-0.3, -0.25) is 10.1 Å². The summed E-state index contributed by atoms with van der Waals surface area (Å²) in [6.45, 7) is 6.87. The number of nitrogens with zero attached hydrogens (tertiary/aromatic N) is 2. The molecule has 1 aromatic carbocycles. The molecule has 1 aromatic heterocycles. The van der Waals surface area contributed by atoms with Gasteiger partial charge in [0, 0.05) is 0 Å². The fourth-order valence-electron chi connectivity index (χ4n) is 1.60. The van der Waals surface area contributed by atoms with E-state index in [-0.39, 0.29) is 5.91 Å². The van der Waals surface area contributed by atoms with Gasteiger partial charge in [-0.15, -0.1) is 10.2 Å². The first-order chi connectivity index (χ1) is 10.3. The van der Waals surface area contributed by atoms with Gasteiger partial charge >= 0.3 is 0 Å². The fourth-order valence-corrected chi connectivity index (χ4v) is 2.35. The Bertz CT molecular complexity index is 647. The molecule has 2 N–H and O–H groups in total. The van der Waals surface area contributed by atoms with Crippen LogP contribution in [0.5, 0.6) is 5.75 Å². The second-order valence-electron chi connectivity index (χ2n) is 5.53. The lowest BCUT2D eigenvalue weighted by atomic mass is 10.2. The minimum absolute atomic E-state index is 0.320. The van der Waals surface area contributed by atoms with Gasteiger partial charge in [0.1, 0.15) is 16.4 Å². The molecule has 0 radical (unpaired) electrons. The van der Waals surface area contributed by atoms with E-state index in [4.69, 9.17) is 4.74 Å². The zero-order valence-corrected chi connectivity index (χ0v) is 13.8. The molecule has 0 saturated carbocycles. The van der Waals surface area contributed by atoms with Crippen molar-refractivity contribution in [2.75, 3.05) is 5.32 Å². The monoisotopic (exact) mass is 321 g/mol. The van der Waals surface area contributed by atoms with Gasteiger partial charge in [0.05, 0.1) is 0 Å². The first kappa shape index (κ1) is 16.4. The number of ether oxygens (including phenoxy) is 1. The molecular formula is C15H19N3O3S. The van der Waals surface area contributed by atoms with Crippen molar-refractivity contribution in [1.29, 1.82) is 0 Å². The van der Waals surface area contributed by atoms with Crippen LogP contribution in [0.25, 0.3) is 0 Å². The van der Waals surface area contributed by atoms with Crippen molar-refractivity contribution in [1.82, 2.24) is 10.2 Å². The van der Waals surface area contributed by atoms with E-state index < -0.39 is 11.7 Å². The van der Waals surface area contributed by atoms with E-state index in [9.17, 15) is 9.90 Å². The van der Waals surface area contributed by atoms with Crippen LogP contribution in [-0.4, -0.2) is 27.3 Å². The highest BCUT2D eigenvalue weighted by Crippen LogP contribution is 2.26. The Kier molecular flexibility index (Phi) is 4.77. The summed E-state index contributed by atoms with van der Waals surface area (Å²) in [5.74, 6) is 0.307. The average Bonchev–Trinajstić information content (AvgIpc) is 2.90. The lowest BCUT2D eigenvalue weighted by Crippen LogP contribution is -2.30. The Balaban J connectivity index is 1.96. The number of hydrogen-bond acceptors (Lipinski definition) is 6. The third-order valence-electron chi connectivity index (χ3n) is 2.88. The summed E-state index contributed by atoms with van der Waals surface area (Å²) < 4.78 is 5.57. The van der Waals surface area contributed by atoms with Crippen molar-refractivity contribution in [2.24, 2.45) is 0 Å². The summed E-state index contributed by atoms with van der Waals surface area (Å²) in [6, 6.07) is 7.47. The van der Waals surface area contributed by atoms with Crippen LogP contribution in [0.1, 0.15) is 31.3 Å². The number of carbonyl (C=O) groups is 1. The van der Waals surface area contributed by atoms with Crippen molar-refractivity contribution in [3.05, 3.63) is 34.8 Å². The number of aromatic nitrogens is 2. The second kappa shape index (κ2) is 6.41. The van der Waals surface area contributed by atoms with Gasteiger partial charge in [0.15, 0.2) is 6.10 Å². The van der Waals surface area contributed by atoms with E-state index in [1.165, 1.54) is 0 Å². The molecule has 2 rings (SSSR count). The summed E-state index contributed by atoms with van der Waals surface area (Å²) in [7, 11) is 0. The van der Waals surface area contributed by atoms with Crippen LogP contribution < -0.4 is 10.1 Å². The van der Waals surface area contributed by atoms with Crippen molar-refractivity contribution in [2.45, 2.75) is 39.4 Å².